The van der Waals surface area contributed by atoms with E-state index in [1.807, 2.05) is 18.3 Å². The van der Waals surface area contributed by atoms with Gasteiger partial charge in [-0.15, -0.1) is 0 Å². The van der Waals surface area contributed by atoms with Crippen LogP contribution in [-0.2, 0) is 0 Å². The van der Waals surface area contributed by atoms with Gasteiger partial charge in [-0.1, -0.05) is 0 Å². The van der Waals surface area contributed by atoms with E-state index in [1.165, 1.54) is 38.5 Å². The highest BCUT2D eigenvalue weighted by Crippen LogP contribution is 2.62. The lowest BCUT2D eigenvalue weighted by molar-refractivity contribution is -0.0768. The average Bonchev–Trinajstić information content (AvgIpc) is 2.79. The SMILES string of the molecule is OC(CC12CC3CC(CC(C3)C1)C2)c1ccc[nH]1. The number of aliphatic hydroxyl groups excluding tert-OH is 1. The zero-order chi connectivity index (χ0) is 12.2. The standard InChI is InChI=1S/C16H23NO/c18-15(14-2-1-3-17-14)10-16-7-11-4-12(8-16)6-13(5-11)9-16/h1-3,11-13,15,17-18H,4-10H2. The normalized spacial score (nSPS) is 43.3. The topological polar surface area (TPSA) is 36.0 Å². The predicted molar refractivity (Wildman–Crippen MR) is 71.0 cm³/mol. The molecule has 2 N–H and O–H groups in total. The van der Waals surface area contributed by atoms with Gasteiger partial charge in [-0.3, -0.25) is 0 Å². The average molecular weight is 245 g/mol. The summed E-state index contributed by atoms with van der Waals surface area (Å²) in [5.74, 6) is 2.94. The van der Waals surface area contributed by atoms with Crippen molar-refractivity contribution >= 4 is 0 Å². The van der Waals surface area contributed by atoms with Crippen LogP contribution in [0.1, 0.15) is 56.7 Å². The smallest absolute Gasteiger partial charge is 0.0942 e. The second kappa shape index (κ2) is 3.86. The van der Waals surface area contributed by atoms with E-state index in [-0.39, 0.29) is 6.10 Å². The highest BCUT2D eigenvalue weighted by Gasteiger charge is 2.51. The van der Waals surface area contributed by atoms with Crippen molar-refractivity contribution in [2.24, 2.45) is 23.2 Å². The molecule has 4 aliphatic rings. The molecule has 0 saturated heterocycles. The van der Waals surface area contributed by atoms with Gasteiger partial charge in [0.15, 0.2) is 0 Å². The van der Waals surface area contributed by atoms with Gasteiger partial charge in [0.05, 0.1) is 6.10 Å². The molecule has 4 fully saturated rings. The summed E-state index contributed by atoms with van der Waals surface area (Å²) in [4.78, 5) is 3.17. The van der Waals surface area contributed by atoms with Crippen molar-refractivity contribution in [1.29, 1.82) is 0 Å². The molecule has 0 aliphatic heterocycles. The van der Waals surface area contributed by atoms with Crippen molar-refractivity contribution in [3.63, 3.8) is 0 Å². The molecule has 0 spiro atoms. The van der Waals surface area contributed by atoms with Crippen LogP contribution >= 0.6 is 0 Å². The number of aliphatic hydroxyl groups is 1. The minimum Gasteiger partial charge on any atom is -0.387 e. The Morgan fingerprint density at radius 3 is 2.28 bits per heavy atom. The number of hydrogen-bond donors (Lipinski definition) is 2. The highest BCUT2D eigenvalue weighted by molar-refractivity contribution is 5.10. The molecule has 98 valence electrons. The molecule has 1 atom stereocenters. The Kier molecular flexibility index (Phi) is 2.38. The number of aromatic nitrogens is 1. The molecule has 1 aromatic rings. The maximum absolute atomic E-state index is 10.4. The maximum atomic E-state index is 10.4. The second-order valence-corrected chi connectivity index (χ2v) is 7.26. The van der Waals surface area contributed by atoms with Crippen LogP contribution in [0.15, 0.2) is 18.3 Å². The Balaban J connectivity index is 1.54. The molecule has 5 rings (SSSR count). The van der Waals surface area contributed by atoms with E-state index in [4.69, 9.17) is 0 Å². The third-order valence-electron chi connectivity index (χ3n) is 5.77. The van der Waals surface area contributed by atoms with Crippen molar-refractivity contribution in [3.05, 3.63) is 24.0 Å². The fourth-order valence-corrected chi connectivity index (χ4v) is 5.61. The molecular formula is C16H23NO. The Bertz CT molecular complexity index is 387. The monoisotopic (exact) mass is 245 g/mol. The first kappa shape index (κ1) is 11.1. The molecule has 2 heteroatoms. The summed E-state index contributed by atoms with van der Waals surface area (Å²) in [6.07, 6.45) is 11.2. The Hall–Kier alpha value is -0.760. The van der Waals surface area contributed by atoms with Crippen LogP contribution in [0.5, 0.6) is 0 Å². The summed E-state index contributed by atoms with van der Waals surface area (Å²) in [5.41, 5.74) is 1.48. The van der Waals surface area contributed by atoms with E-state index in [1.54, 1.807) is 0 Å². The lowest BCUT2D eigenvalue weighted by atomic mass is 9.48. The van der Waals surface area contributed by atoms with Crippen LogP contribution in [0.2, 0.25) is 0 Å². The fourth-order valence-electron chi connectivity index (χ4n) is 5.61. The zero-order valence-electron chi connectivity index (χ0n) is 10.9. The molecule has 1 aromatic heterocycles. The summed E-state index contributed by atoms with van der Waals surface area (Å²) in [6, 6.07) is 4.00. The van der Waals surface area contributed by atoms with Gasteiger partial charge in [0.2, 0.25) is 0 Å². The lowest BCUT2D eigenvalue weighted by Crippen LogP contribution is -2.46. The fraction of sp³-hybridized carbons (Fsp3) is 0.750. The number of nitrogens with one attached hydrogen (secondary N) is 1. The van der Waals surface area contributed by atoms with Crippen molar-refractivity contribution in [1.82, 2.24) is 4.98 Å². The third-order valence-corrected chi connectivity index (χ3v) is 5.77. The van der Waals surface area contributed by atoms with Crippen molar-refractivity contribution in [2.75, 3.05) is 0 Å². The first-order valence-electron chi connectivity index (χ1n) is 7.54. The van der Waals surface area contributed by atoms with Gasteiger partial charge in [0.25, 0.3) is 0 Å². The molecule has 4 saturated carbocycles. The molecular weight excluding hydrogens is 222 g/mol. The Morgan fingerprint density at radius 1 is 1.17 bits per heavy atom. The highest BCUT2D eigenvalue weighted by atomic mass is 16.3. The van der Waals surface area contributed by atoms with E-state index in [2.05, 4.69) is 4.98 Å². The molecule has 4 aliphatic carbocycles. The zero-order valence-corrected chi connectivity index (χ0v) is 10.9. The molecule has 0 aromatic carbocycles. The summed E-state index contributed by atoms with van der Waals surface area (Å²) in [6.45, 7) is 0. The number of hydrogen-bond acceptors (Lipinski definition) is 1. The number of H-pyrrole nitrogens is 1. The molecule has 0 amide bonds. The van der Waals surface area contributed by atoms with Crippen LogP contribution < -0.4 is 0 Å². The van der Waals surface area contributed by atoms with E-state index in [9.17, 15) is 5.11 Å². The van der Waals surface area contributed by atoms with Crippen LogP contribution in [0.3, 0.4) is 0 Å². The van der Waals surface area contributed by atoms with E-state index in [0.717, 1.165) is 29.9 Å². The van der Waals surface area contributed by atoms with Crippen molar-refractivity contribution < 1.29 is 5.11 Å². The molecule has 2 nitrogen and oxygen atoms in total. The Labute approximate surface area is 109 Å². The van der Waals surface area contributed by atoms with Gasteiger partial charge in [-0.2, -0.15) is 0 Å². The molecule has 0 radical (unpaired) electrons. The van der Waals surface area contributed by atoms with Gasteiger partial charge in [-0.05, 0) is 80.2 Å². The molecule has 4 bridgehead atoms. The van der Waals surface area contributed by atoms with E-state index >= 15 is 0 Å². The van der Waals surface area contributed by atoms with Crippen molar-refractivity contribution in [2.45, 2.75) is 51.0 Å². The van der Waals surface area contributed by atoms with Gasteiger partial charge in [-0.25, -0.2) is 0 Å². The largest absolute Gasteiger partial charge is 0.387 e. The minimum absolute atomic E-state index is 0.281. The summed E-state index contributed by atoms with van der Waals surface area (Å²) in [7, 11) is 0. The van der Waals surface area contributed by atoms with Gasteiger partial charge in [0.1, 0.15) is 0 Å². The van der Waals surface area contributed by atoms with Gasteiger partial charge in [0, 0.05) is 11.9 Å². The number of aromatic amines is 1. The summed E-state index contributed by atoms with van der Waals surface area (Å²) in [5, 5.41) is 10.4. The van der Waals surface area contributed by atoms with Crippen LogP contribution in [0, 0.1) is 23.2 Å². The Morgan fingerprint density at radius 2 is 1.78 bits per heavy atom. The second-order valence-electron chi connectivity index (χ2n) is 7.26. The summed E-state index contributed by atoms with van der Waals surface area (Å²) >= 11 is 0. The van der Waals surface area contributed by atoms with Crippen molar-refractivity contribution in [3.8, 4) is 0 Å². The van der Waals surface area contributed by atoms with E-state index in [0.29, 0.717) is 5.41 Å². The molecule has 18 heavy (non-hydrogen) atoms. The van der Waals surface area contributed by atoms with Crippen LogP contribution in [-0.4, -0.2) is 10.1 Å². The summed E-state index contributed by atoms with van der Waals surface area (Å²) < 4.78 is 0. The molecule has 1 unspecified atom stereocenters. The van der Waals surface area contributed by atoms with Crippen LogP contribution in [0.4, 0.5) is 0 Å². The predicted octanol–water partition coefficient (Wildman–Crippen LogP) is 3.65. The first-order chi connectivity index (χ1) is 8.72. The maximum Gasteiger partial charge on any atom is 0.0942 e. The quantitative estimate of drug-likeness (QED) is 0.837. The van der Waals surface area contributed by atoms with Gasteiger partial charge < -0.3 is 10.1 Å². The first-order valence-corrected chi connectivity index (χ1v) is 7.54. The van der Waals surface area contributed by atoms with Crippen LogP contribution in [0.25, 0.3) is 0 Å². The number of rotatable bonds is 3. The van der Waals surface area contributed by atoms with Gasteiger partial charge >= 0.3 is 0 Å². The lowest BCUT2D eigenvalue weighted by Gasteiger charge is -2.57. The molecule has 1 heterocycles. The minimum atomic E-state index is -0.281. The third kappa shape index (κ3) is 1.73. The van der Waals surface area contributed by atoms with E-state index < -0.39 is 0 Å².